The Morgan fingerprint density at radius 3 is 1.73 bits per heavy atom. The maximum Gasteiger partial charge on any atom is 0.227 e. The molecule has 33 heavy (non-hydrogen) atoms. The average Bonchev–Trinajstić information content (AvgIpc) is 2.85. The molecular weight excluding hydrogens is 416 g/mol. The molecule has 2 N–H and O–H groups in total. The van der Waals surface area contributed by atoms with Crippen molar-refractivity contribution < 1.29 is 14.3 Å². The highest BCUT2D eigenvalue weighted by atomic mass is 16.5. The minimum atomic E-state index is -0.0442. The molecule has 0 spiro atoms. The number of piperidine rings is 1. The topological polar surface area (TPSA) is 107 Å². The largest absolute Gasteiger partial charge is 0.457 e. The van der Waals surface area contributed by atoms with Crippen LogP contribution >= 0.6 is 0 Å². The van der Waals surface area contributed by atoms with E-state index < -0.39 is 0 Å². The monoisotopic (exact) mass is 438 g/mol. The molecule has 4 rings (SSSR count). The molecule has 0 aliphatic carbocycles. The van der Waals surface area contributed by atoms with Crippen molar-refractivity contribution in [2.45, 2.75) is 12.8 Å². The Morgan fingerprint density at radius 2 is 1.27 bits per heavy atom. The summed E-state index contributed by atoms with van der Waals surface area (Å²) in [6.45, 7) is 1.65. The average molecular weight is 438 g/mol. The van der Waals surface area contributed by atoms with Crippen molar-refractivity contribution in [1.82, 2.24) is 5.32 Å². The second-order valence-corrected chi connectivity index (χ2v) is 7.68. The van der Waals surface area contributed by atoms with Crippen LogP contribution in [0, 0.1) is 28.6 Å². The van der Waals surface area contributed by atoms with Gasteiger partial charge >= 0.3 is 0 Å². The zero-order chi connectivity index (χ0) is 23.0. The summed E-state index contributed by atoms with van der Waals surface area (Å²) in [5.41, 5.74) is 1.64. The number of carbonyl (C=O) groups is 1. The van der Waals surface area contributed by atoms with Crippen molar-refractivity contribution in [3.05, 3.63) is 77.9 Å². The van der Waals surface area contributed by atoms with Crippen molar-refractivity contribution in [3.8, 4) is 35.1 Å². The molecule has 164 valence electrons. The van der Waals surface area contributed by atoms with Crippen molar-refractivity contribution >= 4 is 11.6 Å². The summed E-state index contributed by atoms with van der Waals surface area (Å²) in [7, 11) is 0. The maximum absolute atomic E-state index is 12.8. The van der Waals surface area contributed by atoms with Crippen LogP contribution in [0.4, 0.5) is 5.69 Å². The fraction of sp³-hybridized carbons (Fsp3) is 0.192. The number of nitrogens with zero attached hydrogens (tertiary/aromatic N) is 2. The molecule has 1 amide bonds. The van der Waals surface area contributed by atoms with E-state index in [-0.39, 0.29) is 11.8 Å². The van der Waals surface area contributed by atoms with Crippen LogP contribution in [-0.4, -0.2) is 19.0 Å². The van der Waals surface area contributed by atoms with Gasteiger partial charge in [-0.25, -0.2) is 0 Å². The highest BCUT2D eigenvalue weighted by molar-refractivity contribution is 5.93. The van der Waals surface area contributed by atoms with Gasteiger partial charge in [0.1, 0.15) is 23.0 Å². The molecule has 1 aliphatic heterocycles. The molecule has 0 saturated carbocycles. The number of hydrogen-bond donors (Lipinski definition) is 2. The minimum absolute atomic E-state index is 0.0312. The summed E-state index contributed by atoms with van der Waals surface area (Å²) in [5.74, 6) is 1.99. The molecule has 0 unspecified atom stereocenters. The summed E-state index contributed by atoms with van der Waals surface area (Å²) >= 11 is 0. The van der Waals surface area contributed by atoms with Crippen molar-refractivity contribution in [1.29, 1.82) is 10.5 Å². The fourth-order valence-corrected chi connectivity index (χ4v) is 3.56. The third-order valence-electron chi connectivity index (χ3n) is 5.30. The highest BCUT2D eigenvalue weighted by Gasteiger charge is 2.21. The Hall–Kier alpha value is -4.33. The maximum atomic E-state index is 12.8. The van der Waals surface area contributed by atoms with E-state index >= 15 is 0 Å². The van der Waals surface area contributed by atoms with Crippen LogP contribution in [0.5, 0.6) is 23.0 Å². The molecule has 0 bridgehead atoms. The van der Waals surface area contributed by atoms with Crippen LogP contribution in [0.15, 0.2) is 66.7 Å². The van der Waals surface area contributed by atoms with Gasteiger partial charge in [-0.2, -0.15) is 10.5 Å². The lowest BCUT2D eigenvalue weighted by atomic mass is 9.97. The molecule has 0 radical (unpaired) electrons. The first-order chi connectivity index (χ1) is 16.1. The van der Waals surface area contributed by atoms with Gasteiger partial charge in [0.15, 0.2) is 0 Å². The standard InChI is InChI=1S/C26H22N4O3/c27-16-18-1-5-22(6-2-18)32-24-13-21(30-26(31)20-9-11-29-12-10-20)14-25(15-24)33-23-7-3-19(17-28)4-8-23/h1-8,13-15,20,29H,9-12H2,(H,30,31). The Labute approximate surface area is 192 Å². The Morgan fingerprint density at radius 1 is 0.788 bits per heavy atom. The first kappa shape index (κ1) is 21.9. The van der Waals surface area contributed by atoms with Crippen LogP contribution < -0.4 is 20.1 Å². The summed E-state index contributed by atoms with van der Waals surface area (Å²) in [6, 6.07) is 22.9. The fourth-order valence-electron chi connectivity index (χ4n) is 3.56. The van der Waals surface area contributed by atoms with Gasteiger partial charge in [0.05, 0.1) is 23.3 Å². The molecule has 0 atom stereocenters. The number of hydrogen-bond acceptors (Lipinski definition) is 6. The van der Waals surface area contributed by atoms with Crippen molar-refractivity contribution in [2.75, 3.05) is 18.4 Å². The molecule has 1 fully saturated rings. The van der Waals surface area contributed by atoms with Crippen LogP contribution in [0.2, 0.25) is 0 Å². The number of amides is 1. The van der Waals surface area contributed by atoms with Crippen LogP contribution in [0.1, 0.15) is 24.0 Å². The summed E-state index contributed by atoms with van der Waals surface area (Å²) in [6.07, 6.45) is 1.59. The number of carbonyl (C=O) groups excluding carboxylic acids is 1. The van der Waals surface area contributed by atoms with Crippen LogP contribution in [0.3, 0.4) is 0 Å². The SMILES string of the molecule is N#Cc1ccc(Oc2cc(NC(=O)C3CCNCC3)cc(Oc3ccc(C#N)cc3)c2)cc1. The van der Waals surface area contributed by atoms with E-state index in [1.54, 1.807) is 66.7 Å². The van der Waals surface area contributed by atoms with E-state index in [1.165, 1.54) is 0 Å². The third-order valence-corrected chi connectivity index (χ3v) is 5.30. The summed E-state index contributed by atoms with van der Waals surface area (Å²) < 4.78 is 11.9. The molecule has 3 aromatic carbocycles. The Balaban J connectivity index is 1.58. The highest BCUT2D eigenvalue weighted by Crippen LogP contribution is 2.33. The van der Waals surface area contributed by atoms with E-state index in [0.29, 0.717) is 39.8 Å². The number of benzene rings is 3. The van der Waals surface area contributed by atoms with E-state index in [2.05, 4.69) is 22.8 Å². The van der Waals surface area contributed by atoms with Gasteiger partial charge in [0.25, 0.3) is 0 Å². The smallest absolute Gasteiger partial charge is 0.227 e. The van der Waals surface area contributed by atoms with Gasteiger partial charge in [-0.1, -0.05) is 0 Å². The summed E-state index contributed by atoms with van der Waals surface area (Å²) in [4.78, 5) is 12.8. The normalized spacial score (nSPS) is 13.4. The number of nitriles is 2. The second kappa shape index (κ2) is 10.3. The second-order valence-electron chi connectivity index (χ2n) is 7.68. The lowest BCUT2D eigenvalue weighted by molar-refractivity contribution is -0.120. The number of ether oxygens (including phenoxy) is 2. The predicted molar refractivity (Wildman–Crippen MR) is 123 cm³/mol. The number of anilines is 1. The molecular formula is C26H22N4O3. The summed E-state index contributed by atoms with van der Waals surface area (Å²) in [5, 5.41) is 24.2. The van der Waals surface area contributed by atoms with Gasteiger partial charge in [-0.15, -0.1) is 0 Å². The van der Waals surface area contributed by atoms with Gasteiger partial charge in [-0.3, -0.25) is 4.79 Å². The lowest BCUT2D eigenvalue weighted by Crippen LogP contribution is -2.34. The molecule has 7 nitrogen and oxygen atoms in total. The molecule has 1 saturated heterocycles. The molecule has 1 aliphatic rings. The van der Waals surface area contributed by atoms with Gasteiger partial charge in [0.2, 0.25) is 5.91 Å². The lowest BCUT2D eigenvalue weighted by Gasteiger charge is -2.22. The molecule has 3 aromatic rings. The van der Waals surface area contributed by atoms with E-state index in [9.17, 15) is 4.79 Å². The van der Waals surface area contributed by atoms with Crippen molar-refractivity contribution in [2.24, 2.45) is 5.92 Å². The quantitative estimate of drug-likeness (QED) is 0.564. The van der Waals surface area contributed by atoms with Crippen LogP contribution in [-0.2, 0) is 4.79 Å². The van der Waals surface area contributed by atoms with Gasteiger partial charge in [-0.05, 0) is 74.5 Å². The zero-order valence-corrected chi connectivity index (χ0v) is 17.9. The van der Waals surface area contributed by atoms with E-state index in [1.807, 2.05) is 0 Å². The molecule has 0 aromatic heterocycles. The minimum Gasteiger partial charge on any atom is -0.457 e. The molecule has 7 heteroatoms. The Bertz CT molecular complexity index is 1120. The predicted octanol–water partition coefficient (Wildman–Crippen LogP) is 4.95. The van der Waals surface area contributed by atoms with E-state index in [4.69, 9.17) is 20.0 Å². The van der Waals surface area contributed by atoms with E-state index in [0.717, 1.165) is 25.9 Å². The van der Waals surface area contributed by atoms with Gasteiger partial charge in [0, 0.05) is 29.8 Å². The number of rotatable bonds is 6. The first-order valence-corrected chi connectivity index (χ1v) is 10.7. The van der Waals surface area contributed by atoms with Gasteiger partial charge < -0.3 is 20.1 Å². The zero-order valence-electron chi connectivity index (χ0n) is 17.9. The van der Waals surface area contributed by atoms with Crippen molar-refractivity contribution in [3.63, 3.8) is 0 Å². The van der Waals surface area contributed by atoms with Crippen LogP contribution in [0.25, 0.3) is 0 Å². The first-order valence-electron chi connectivity index (χ1n) is 10.7. The molecule has 1 heterocycles. The third kappa shape index (κ3) is 5.88. The Kier molecular flexibility index (Phi) is 6.84. The number of nitrogens with one attached hydrogen (secondary N) is 2.